The molecular formula is C13H13ClFNO5. The van der Waals surface area contributed by atoms with Gasteiger partial charge in [0.15, 0.2) is 0 Å². The third-order valence-corrected chi connectivity index (χ3v) is 2.87. The lowest BCUT2D eigenvalue weighted by molar-refractivity contribution is -0.144. The zero-order chi connectivity index (χ0) is 16.0. The Kier molecular flexibility index (Phi) is 6.10. The fourth-order valence-electron chi connectivity index (χ4n) is 1.50. The molecule has 0 fully saturated rings. The average molecular weight is 318 g/mol. The summed E-state index contributed by atoms with van der Waals surface area (Å²) in [6.45, 7) is -1.07. The van der Waals surface area contributed by atoms with Crippen LogP contribution in [0.15, 0.2) is 18.2 Å². The molecule has 21 heavy (non-hydrogen) atoms. The molecule has 0 aliphatic carbocycles. The van der Waals surface area contributed by atoms with E-state index in [-0.39, 0.29) is 5.02 Å². The monoisotopic (exact) mass is 317 g/mol. The van der Waals surface area contributed by atoms with Crippen molar-refractivity contribution >= 4 is 29.4 Å². The summed E-state index contributed by atoms with van der Waals surface area (Å²) in [6.07, 6.45) is 0. The minimum Gasteiger partial charge on any atom is -0.468 e. The van der Waals surface area contributed by atoms with Gasteiger partial charge in [0.25, 0.3) is 5.91 Å². The maximum Gasteiger partial charge on any atom is 0.325 e. The second-order valence-corrected chi connectivity index (χ2v) is 4.32. The lowest BCUT2D eigenvalue weighted by Crippen LogP contribution is -2.40. The van der Waals surface area contributed by atoms with E-state index in [1.807, 2.05) is 0 Å². The number of nitrogens with zero attached hydrogens (tertiary/aromatic N) is 1. The number of esters is 2. The Hall–Kier alpha value is -2.15. The number of hydrogen-bond acceptors (Lipinski definition) is 5. The summed E-state index contributed by atoms with van der Waals surface area (Å²) in [7, 11) is 2.25. The Balaban J connectivity index is 3.09. The van der Waals surface area contributed by atoms with Crippen LogP contribution in [-0.2, 0) is 19.1 Å². The van der Waals surface area contributed by atoms with Crippen molar-refractivity contribution in [1.82, 2.24) is 4.90 Å². The zero-order valence-electron chi connectivity index (χ0n) is 11.4. The number of carbonyl (C=O) groups excluding carboxylic acids is 3. The van der Waals surface area contributed by atoms with E-state index in [0.717, 1.165) is 25.2 Å². The van der Waals surface area contributed by atoms with Crippen LogP contribution in [0, 0.1) is 5.82 Å². The first kappa shape index (κ1) is 16.9. The number of amides is 1. The summed E-state index contributed by atoms with van der Waals surface area (Å²) in [5.41, 5.74) is -0.424. The van der Waals surface area contributed by atoms with Crippen molar-refractivity contribution in [3.8, 4) is 0 Å². The SMILES string of the molecule is COC(=O)CN(CC(=O)OC)C(=O)c1c(F)cccc1Cl. The molecule has 0 bridgehead atoms. The number of carbonyl (C=O) groups is 3. The van der Waals surface area contributed by atoms with E-state index in [1.54, 1.807) is 0 Å². The van der Waals surface area contributed by atoms with Gasteiger partial charge in [-0.3, -0.25) is 14.4 Å². The van der Waals surface area contributed by atoms with Gasteiger partial charge in [-0.15, -0.1) is 0 Å². The Morgan fingerprint density at radius 2 is 1.67 bits per heavy atom. The van der Waals surface area contributed by atoms with Crippen molar-refractivity contribution in [3.05, 3.63) is 34.6 Å². The van der Waals surface area contributed by atoms with Crippen molar-refractivity contribution in [2.24, 2.45) is 0 Å². The lowest BCUT2D eigenvalue weighted by Gasteiger charge is -2.20. The van der Waals surface area contributed by atoms with Crippen molar-refractivity contribution in [2.75, 3.05) is 27.3 Å². The van der Waals surface area contributed by atoms with E-state index in [4.69, 9.17) is 11.6 Å². The zero-order valence-corrected chi connectivity index (χ0v) is 12.1. The highest BCUT2D eigenvalue weighted by Gasteiger charge is 2.26. The number of hydrogen-bond donors (Lipinski definition) is 0. The smallest absolute Gasteiger partial charge is 0.325 e. The van der Waals surface area contributed by atoms with E-state index < -0.39 is 42.3 Å². The Labute approximate surface area is 125 Å². The lowest BCUT2D eigenvalue weighted by atomic mass is 10.2. The van der Waals surface area contributed by atoms with Crippen LogP contribution < -0.4 is 0 Å². The van der Waals surface area contributed by atoms with Crippen LogP contribution in [0.1, 0.15) is 10.4 Å². The predicted octanol–water partition coefficient (Wildman–Crippen LogP) is 1.27. The maximum atomic E-state index is 13.7. The van der Waals surface area contributed by atoms with Gasteiger partial charge in [0.2, 0.25) is 0 Å². The maximum absolute atomic E-state index is 13.7. The van der Waals surface area contributed by atoms with Crippen LogP contribution in [-0.4, -0.2) is 50.1 Å². The molecule has 0 saturated carbocycles. The second-order valence-electron chi connectivity index (χ2n) is 3.91. The summed E-state index contributed by atoms with van der Waals surface area (Å²) >= 11 is 5.79. The highest BCUT2D eigenvalue weighted by molar-refractivity contribution is 6.33. The molecule has 0 aromatic heterocycles. The van der Waals surface area contributed by atoms with Crippen LogP contribution in [0.4, 0.5) is 4.39 Å². The summed E-state index contributed by atoms with van der Waals surface area (Å²) in [4.78, 5) is 35.7. The molecule has 1 aromatic carbocycles. The first-order valence-electron chi connectivity index (χ1n) is 5.77. The standard InChI is InChI=1S/C13H13ClFNO5/c1-20-10(17)6-16(7-11(18)21-2)13(19)12-8(14)4-3-5-9(12)15/h3-5H,6-7H2,1-2H3. The van der Waals surface area contributed by atoms with Gasteiger partial charge in [-0.25, -0.2) is 4.39 Å². The van der Waals surface area contributed by atoms with Crippen molar-refractivity contribution in [1.29, 1.82) is 0 Å². The largest absolute Gasteiger partial charge is 0.468 e. The molecule has 0 N–H and O–H groups in total. The number of methoxy groups -OCH3 is 2. The third kappa shape index (κ3) is 4.42. The van der Waals surface area contributed by atoms with Gasteiger partial charge in [0.1, 0.15) is 18.9 Å². The van der Waals surface area contributed by atoms with Crippen molar-refractivity contribution < 1.29 is 28.2 Å². The summed E-state index contributed by atoms with van der Waals surface area (Å²) in [6, 6.07) is 3.71. The van der Waals surface area contributed by atoms with Crippen LogP contribution in [0.25, 0.3) is 0 Å². The molecule has 1 rings (SSSR count). The molecule has 0 radical (unpaired) electrons. The number of halogens is 2. The molecule has 0 aliphatic heterocycles. The first-order valence-corrected chi connectivity index (χ1v) is 6.15. The fraction of sp³-hybridized carbons (Fsp3) is 0.308. The molecule has 0 spiro atoms. The van der Waals surface area contributed by atoms with Gasteiger partial charge in [-0.1, -0.05) is 17.7 Å². The normalized spacial score (nSPS) is 9.90. The number of ether oxygens (including phenoxy) is 2. The van der Waals surface area contributed by atoms with Gasteiger partial charge in [0, 0.05) is 0 Å². The molecule has 0 atom stereocenters. The summed E-state index contributed by atoms with van der Waals surface area (Å²) < 4.78 is 22.6. The highest BCUT2D eigenvalue weighted by Crippen LogP contribution is 2.20. The molecular weight excluding hydrogens is 305 g/mol. The fourth-order valence-corrected chi connectivity index (χ4v) is 1.74. The molecule has 1 amide bonds. The Morgan fingerprint density at radius 1 is 1.14 bits per heavy atom. The predicted molar refractivity (Wildman–Crippen MR) is 71.3 cm³/mol. The van der Waals surface area contributed by atoms with E-state index >= 15 is 0 Å². The van der Waals surface area contributed by atoms with E-state index in [1.165, 1.54) is 12.1 Å². The van der Waals surface area contributed by atoms with Crippen molar-refractivity contribution in [3.63, 3.8) is 0 Å². The van der Waals surface area contributed by atoms with Gasteiger partial charge in [-0.2, -0.15) is 0 Å². The molecule has 6 nitrogen and oxygen atoms in total. The topological polar surface area (TPSA) is 72.9 Å². The minimum atomic E-state index is -0.908. The molecule has 0 saturated heterocycles. The number of benzene rings is 1. The Bertz CT molecular complexity index is 525. The second kappa shape index (κ2) is 7.58. The average Bonchev–Trinajstić information content (AvgIpc) is 2.45. The van der Waals surface area contributed by atoms with E-state index in [0.29, 0.717) is 0 Å². The van der Waals surface area contributed by atoms with E-state index in [2.05, 4.69) is 9.47 Å². The minimum absolute atomic E-state index is 0.125. The molecule has 0 unspecified atom stereocenters. The number of rotatable bonds is 5. The van der Waals surface area contributed by atoms with E-state index in [9.17, 15) is 18.8 Å². The van der Waals surface area contributed by atoms with Gasteiger partial charge >= 0.3 is 11.9 Å². The molecule has 0 heterocycles. The van der Waals surface area contributed by atoms with Gasteiger partial charge in [0.05, 0.1) is 24.8 Å². The Morgan fingerprint density at radius 3 is 2.10 bits per heavy atom. The van der Waals surface area contributed by atoms with Crippen LogP contribution in [0.5, 0.6) is 0 Å². The molecule has 0 aliphatic rings. The van der Waals surface area contributed by atoms with Crippen molar-refractivity contribution in [2.45, 2.75) is 0 Å². The quantitative estimate of drug-likeness (QED) is 0.765. The molecule has 114 valence electrons. The first-order chi connectivity index (χ1) is 9.90. The van der Waals surface area contributed by atoms with Gasteiger partial charge in [-0.05, 0) is 12.1 Å². The van der Waals surface area contributed by atoms with Crippen LogP contribution >= 0.6 is 11.6 Å². The third-order valence-electron chi connectivity index (χ3n) is 2.56. The molecule has 1 aromatic rings. The summed E-state index contributed by atoms with van der Waals surface area (Å²) in [5, 5.41) is -0.125. The van der Waals surface area contributed by atoms with Crippen LogP contribution in [0.2, 0.25) is 5.02 Å². The summed E-state index contributed by atoms with van der Waals surface area (Å²) in [5.74, 6) is -3.29. The highest BCUT2D eigenvalue weighted by atomic mass is 35.5. The molecule has 8 heteroatoms. The van der Waals surface area contributed by atoms with Crippen LogP contribution in [0.3, 0.4) is 0 Å². The van der Waals surface area contributed by atoms with Gasteiger partial charge < -0.3 is 14.4 Å².